The first-order valence-corrected chi connectivity index (χ1v) is 11.7. The molecule has 0 bridgehead atoms. The zero-order chi connectivity index (χ0) is 24.8. The summed E-state index contributed by atoms with van der Waals surface area (Å²) in [6.45, 7) is 5.34. The first-order valence-electron chi connectivity index (χ1n) is 11.7. The number of carbonyl (C=O) groups is 1. The van der Waals surface area contributed by atoms with E-state index >= 15 is 0 Å². The van der Waals surface area contributed by atoms with Gasteiger partial charge in [0.2, 0.25) is 0 Å². The Hall–Kier alpha value is -3.61. The Labute approximate surface area is 205 Å². The van der Waals surface area contributed by atoms with Gasteiger partial charge in [-0.1, -0.05) is 30.3 Å². The van der Waals surface area contributed by atoms with Gasteiger partial charge in [-0.05, 0) is 66.4 Å². The lowest BCUT2D eigenvalue weighted by molar-refractivity contribution is -0.142. The Morgan fingerprint density at radius 3 is 2.63 bits per heavy atom. The van der Waals surface area contributed by atoms with Crippen LogP contribution in [0.1, 0.15) is 34.9 Å². The third-order valence-corrected chi connectivity index (χ3v) is 5.74. The summed E-state index contributed by atoms with van der Waals surface area (Å²) in [5.74, 6) is 1.16. The minimum absolute atomic E-state index is 0.168. The molecule has 0 saturated heterocycles. The summed E-state index contributed by atoms with van der Waals surface area (Å²) < 4.78 is 22.8. The molecule has 1 aromatic heterocycles. The maximum Gasteiger partial charge on any atom is 0.310 e. The molecule has 4 rings (SSSR count). The Bertz CT molecular complexity index is 1320. The number of fused-ring (bicyclic) bond motifs is 1. The van der Waals surface area contributed by atoms with Crippen LogP contribution in [-0.4, -0.2) is 19.7 Å². The highest BCUT2D eigenvalue weighted by Crippen LogP contribution is 2.34. The van der Waals surface area contributed by atoms with Crippen molar-refractivity contribution in [2.75, 3.05) is 13.7 Å². The van der Waals surface area contributed by atoms with E-state index in [1.807, 2.05) is 43.3 Å². The number of esters is 1. The van der Waals surface area contributed by atoms with Crippen molar-refractivity contribution in [2.24, 2.45) is 5.73 Å². The van der Waals surface area contributed by atoms with Gasteiger partial charge in [0.1, 0.15) is 30.3 Å². The molecule has 0 amide bonds. The van der Waals surface area contributed by atoms with Gasteiger partial charge in [0, 0.05) is 30.2 Å². The number of aryl methyl sites for hydroxylation is 1. The second kappa shape index (κ2) is 11.2. The predicted octanol–water partition coefficient (Wildman–Crippen LogP) is 5.70. The summed E-state index contributed by atoms with van der Waals surface area (Å²) >= 11 is 0. The Morgan fingerprint density at radius 2 is 1.86 bits per heavy atom. The number of benzene rings is 3. The standard InChI is InChI=1S/C29H31NO5/c1-4-33-28(31)15-23-9-8-19(2)10-27(23)34-17-21-12-24-14-25(18-32-3)35-29(24)26(13-21)22-7-5-6-20(11-22)16-30/h5-14H,4,15-18,30H2,1-3H3. The fourth-order valence-electron chi connectivity index (χ4n) is 4.12. The van der Waals surface area contributed by atoms with E-state index in [0.29, 0.717) is 32.1 Å². The molecule has 0 radical (unpaired) electrons. The molecule has 3 aromatic carbocycles. The van der Waals surface area contributed by atoms with Crippen molar-refractivity contribution < 1.29 is 23.4 Å². The van der Waals surface area contributed by atoms with Crippen molar-refractivity contribution in [1.82, 2.24) is 0 Å². The van der Waals surface area contributed by atoms with Crippen molar-refractivity contribution in [3.8, 4) is 16.9 Å². The Morgan fingerprint density at radius 1 is 1.00 bits per heavy atom. The fourth-order valence-corrected chi connectivity index (χ4v) is 4.12. The Kier molecular flexibility index (Phi) is 7.85. The van der Waals surface area contributed by atoms with E-state index in [1.54, 1.807) is 14.0 Å². The molecule has 6 nitrogen and oxygen atoms in total. The van der Waals surface area contributed by atoms with Crippen molar-refractivity contribution in [3.05, 3.63) is 88.7 Å². The van der Waals surface area contributed by atoms with Crippen LogP contribution < -0.4 is 10.5 Å². The molecule has 0 unspecified atom stereocenters. The van der Waals surface area contributed by atoms with Gasteiger partial charge in [0.15, 0.2) is 0 Å². The summed E-state index contributed by atoms with van der Waals surface area (Å²) in [6, 6.07) is 20.1. The van der Waals surface area contributed by atoms with Gasteiger partial charge in [0.25, 0.3) is 0 Å². The van der Waals surface area contributed by atoms with Gasteiger partial charge in [-0.2, -0.15) is 0 Å². The highest BCUT2D eigenvalue weighted by atomic mass is 16.5. The Balaban J connectivity index is 1.69. The minimum Gasteiger partial charge on any atom is -0.489 e. The molecule has 0 aliphatic carbocycles. The van der Waals surface area contributed by atoms with Crippen molar-refractivity contribution in [1.29, 1.82) is 0 Å². The van der Waals surface area contributed by atoms with E-state index in [9.17, 15) is 4.79 Å². The highest BCUT2D eigenvalue weighted by Gasteiger charge is 2.15. The largest absolute Gasteiger partial charge is 0.489 e. The number of methoxy groups -OCH3 is 1. The van der Waals surface area contributed by atoms with Gasteiger partial charge in [0.05, 0.1) is 13.0 Å². The first-order chi connectivity index (χ1) is 17.0. The number of furan rings is 1. The number of rotatable bonds is 10. The second-order valence-electron chi connectivity index (χ2n) is 8.49. The first kappa shape index (κ1) is 24.5. The van der Waals surface area contributed by atoms with E-state index < -0.39 is 0 Å². The quantitative estimate of drug-likeness (QED) is 0.298. The van der Waals surface area contributed by atoms with E-state index in [2.05, 4.69) is 24.3 Å². The minimum atomic E-state index is -0.270. The van der Waals surface area contributed by atoms with Gasteiger partial charge < -0.3 is 24.4 Å². The summed E-state index contributed by atoms with van der Waals surface area (Å²) in [7, 11) is 1.65. The average Bonchev–Trinajstić information content (AvgIpc) is 3.26. The molecule has 6 heteroatoms. The maximum atomic E-state index is 12.1. The molecule has 0 fully saturated rings. The van der Waals surface area contributed by atoms with E-state index in [1.165, 1.54) is 0 Å². The summed E-state index contributed by atoms with van der Waals surface area (Å²) in [5.41, 5.74) is 12.6. The molecule has 2 N–H and O–H groups in total. The molecule has 0 aliphatic heterocycles. The van der Waals surface area contributed by atoms with Crippen LogP contribution >= 0.6 is 0 Å². The number of hydrogen-bond acceptors (Lipinski definition) is 6. The fraction of sp³-hybridized carbons (Fsp3) is 0.276. The van der Waals surface area contributed by atoms with Crippen LogP contribution in [0.15, 0.2) is 65.1 Å². The summed E-state index contributed by atoms with van der Waals surface area (Å²) in [6.07, 6.45) is 0.168. The SMILES string of the molecule is CCOC(=O)Cc1ccc(C)cc1OCc1cc(-c2cccc(CN)c2)c2oc(COC)cc2c1. The number of hydrogen-bond donors (Lipinski definition) is 1. The molecule has 0 aliphatic rings. The van der Waals surface area contributed by atoms with Crippen LogP contribution in [0.25, 0.3) is 22.1 Å². The maximum absolute atomic E-state index is 12.1. The third kappa shape index (κ3) is 5.91. The normalized spacial score (nSPS) is 11.1. The number of nitrogens with two attached hydrogens (primary N) is 1. The van der Waals surface area contributed by atoms with E-state index in [-0.39, 0.29) is 12.4 Å². The molecular formula is C29H31NO5. The van der Waals surface area contributed by atoms with Crippen LogP contribution in [0, 0.1) is 6.92 Å². The van der Waals surface area contributed by atoms with Crippen LogP contribution in [0.4, 0.5) is 0 Å². The van der Waals surface area contributed by atoms with Crippen LogP contribution in [-0.2, 0) is 40.4 Å². The molecule has 0 spiro atoms. The monoisotopic (exact) mass is 473 g/mol. The molecule has 0 saturated carbocycles. The van der Waals surface area contributed by atoms with Gasteiger partial charge in [-0.25, -0.2) is 0 Å². The average molecular weight is 474 g/mol. The van der Waals surface area contributed by atoms with Crippen molar-refractivity contribution in [3.63, 3.8) is 0 Å². The highest BCUT2D eigenvalue weighted by molar-refractivity contribution is 5.93. The zero-order valence-electron chi connectivity index (χ0n) is 20.4. The van der Waals surface area contributed by atoms with Crippen LogP contribution in [0.2, 0.25) is 0 Å². The lowest BCUT2D eigenvalue weighted by Crippen LogP contribution is -2.09. The molecule has 1 heterocycles. The number of carbonyl (C=O) groups excluding carboxylic acids is 1. The van der Waals surface area contributed by atoms with E-state index in [4.69, 9.17) is 24.4 Å². The van der Waals surface area contributed by atoms with E-state index in [0.717, 1.165) is 50.1 Å². The van der Waals surface area contributed by atoms with Gasteiger partial charge in [-0.3, -0.25) is 4.79 Å². The second-order valence-corrected chi connectivity index (χ2v) is 8.49. The smallest absolute Gasteiger partial charge is 0.310 e. The third-order valence-electron chi connectivity index (χ3n) is 5.74. The van der Waals surface area contributed by atoms with Crippen molar-refractivity contribution in [2.45, 2.75) is 40.0 Å². The lowest BCUT2D eigenvalue weighted by atomic mass is 9.99. The van der Waals surface area contributed by atoms with Crippen molar-refractivity contribution >= 4 is 16.9 Å². The summed E-state index contributed by atoms with van der Waals surface area (Å²) in [5, 5.41) is 0.974. The molecule has 0 atom stereocenters. The van der Waals surface area contributed by atoms with Crippen LogP contribution in [0.5, 0.6) is 5.75 Å². The topological polar surface area (TPSA) is 83.9 Å². The van der Waals surface area contributed by atoms with Crippen LogP contribution in [0.3, 0.4) is 0 Å². The predicted molar refractivity (Wildman–Crippen MR) is 136 cm³/mol. The lowest BCUT2D eigenvalue weighted by Gasteiger charge is -2.14. The summed E-state index contributed by atoms with van der Waals surface area (Å²) in [4.78, 5) is 12.1. The molecule has 4 aromatic rings. The number of ether oxygens (including phenoxy) is 3. The van der Waals surface area contributed by atoms with Gasteiger partial charge >= 0.3 is 5.97 Å². The molecule has 182 valence electrons. The van der Waals surface area contributed by atoms with Gasteiger partial charge in [-0.15, -0.1) is 0 Å². The molecule has 35 heavy (non-hydrogen) atoms. The molecular weight excluding hydrogens is 442 g/mol. The zero-order valence-corrected chi connectivity index (χ0v) is 20.4.